The number of hydrogen-bond donors (Lipinski definition) is 6. The van der Waals surface area contributed by atoms with Crippen molar-refractivity contribution in [3.63, 3.8) is 0 Å². The maximum absolute atomic E-state index is 15.6. The first-order valence-electron chi connectivity index (χ1n) is 12.6. The molecule has 6 heterocycles. The highest BCUT2D eigenvalue weighted by Gasteiger charge is 2.65. The second kappa shape index (κ2) is 12.2. The molecule has 6 N–H and O–H groups in total. The molecular formula is C19H20F3N10O10P2S2+. The third kappa shape index (κ3) is 5.85. The van der Waals surface area contributed by atoms with Crippen LogP contribution in [0.5, 0.6) is 0 Å². The standard InChI is InChI=1S/C19H19F3N10O10P2S2/c20-7-5(1-33)39-16(31-4-26-8-13(31)27-18(23)28-15(8)35)10(7)42-44(37,46)38-2-6-11(41-43(36)45)19(21,22)17(40-6)32-12-9(29-30-32)14(34)25-3-24-12/h3-7,10-11,16-17,33H,1-2H2,(H5-,23,24,25,27,28,30,34,35,36,37,45,46)/p+1/t5-,6-,7-,10-,11-,16-,17-,44?/m1/s1. The smallest absolute Gasteiger partial charge is 0.394 e. The number of thiol groups is 1. The Bertz CT molecular complexity index is 1980. The Hall–Kier alpha value is -2.96. The van der Waals surface area contributed by atoms with Crippen molar-refractivity contribution in [3.8, 4) is 0 Å². The van der Waals surface area contributed by atoms with E-state index >= 15 is 13.2 Å². The van der Waals surface area contributed by atoms with Gasteiger partial charge in [-0.3, -0.25) is 23.7 Å². The van der Waals surface area contributed by atoms with E-state index in [0.717, 1.165) is 17.2 Å². The molecule has 0 aromatic carbocycles. The minimum Gasteiger partial charge on any atom is -0.394 e. The summed E-state index contributed by atoms with van der Waals surface area (Å²) in [5.41, 5.74) is 2.97. The molecule has 0 bridgehead atoms. The summed E-state index contributed by atoms with van der Waals surface area (Å²) in [5.74, 6) is -4.35. The van der Waals surface area contributed by atoms with E-state index in [9.17, 15) is 24.2 Å². The molecule has 0 spiro atoms. The van der Waals surface area contributed by atoms with Crippen molar-refractivity contribution in [1.82, 2.24) is 44.5 Å². The van der Waals surface area contributed by atoms with Crippen molar-refractivity contribution in [2.45, 2.75) is 49.0 Å². The van der Waals surface area contributed by atoms with E-state index in [1.807, 2.05) is 0 Å². The number of nitrogens with two attached hydrogens (primary N) is 1. The lowest BCUT2D eigenvalue weighted by molar-refractivity contribution is -0.137. The van der Waals surface area contributed by atoms with Crippen LogP contribution < -0.4 is 16.9 Å². The van der Waals surface area contributed by atoms with Gasteiger partial charge < -0.3 is 34.7 Å². The summed E-state index contributed by atoms with van der Waals surface area (Å²) in [6.45, 7) is -6.44. The predicted octanol–water partition coefficient (Wildman–Crippen LogP) is -0.419. The first-order chi connectivity index (χ1) is 21.7. The molecule has 248 valence electrons. The lowest BCUT2D eigenvalue weighted by Gasteiger charge is -2.26. The maximum atomic E-state index is 15.6. The van der Waals surface area contributed by atoms with Gasteiger partial charge in [0.25, 0.3) is 11.1 Å². The molecule has 2 aliphatic heterocycles. The summed E-state index contributed by atoms with van der Waals surface area (Å²) in [4.78, 5) is 51.2. The molecule has 4 aromatic heterocycles. The average molecular weight is 732 g/mol. The van der Waals surface area contributed by atoms with Crippen molar-refractivity contribution in [1.29, 1.82) is 0 Å². The van der Waals surface area contributed by atoms with E-state index in [1.165, 1.54) is 0 Å². The fourth-order valence-electron chi connectivity index (χ4n) is 4.89. The fourth-order valence-corrected chi connectivity index (χ4v) is 7.07. The normalized spacial score (nSPS) is 29.4. The number of halogens is 3. The minimum absolute atomic E-state index is 0.164. The maximum Gasteiger partial charge on any atom is 0.582 e. The Morgan fingerprint density at radius 1 is 1.22 bits per heavy atom. The third-order valence-electron chi connectivity index (χ3n) is 6.87. The number of anilines is 1. The number of hydrogen-bond acceptors (Lipinski definition) is 16. The van der Waals surface area contributed by atoms with Crippen LogP contribution in [-0.2, 0) is 39.4 Å². The summed E-state index contributed by atoms with van der Waals surface area (Å²) >= 11 is 8.56. The molecule has 9 atom stereocenters. The third-order valence-corrected chi connectivity index (χ3v) is 9.12. The van der Waals surface area contributed by atoms with Crippen LogP contribution in [0.3, 0.4) is 0 Å². The zero-order valence-corrected chi connectivity index (χ0v) is 25.9. The first-order valence-corrected chi connectivity index (χ1v) is 17.6. The molecule has 0 radical (unpaired) electrons. The highest BCUT2D eigenvalue weighted by molar-refractivity contribution is 8.39. The van der Waals surface area contributed by atoms with Crippen molar-refractivity contribution >= 4 is 66.3 Å². The number of nitrogens with zero attached hydrogens (tertiary/aromatic N) is 7. The Labute approximate surface area is 262 Å². The Morgan fingerprint density at radius 3 is 2.70 bits per heavy atom. The first kappa shape index (κ1) is 33.0. The van der Waals surface area contributed by atoms with Crippen molar-refractivity contribution in [2.75, 3.05) is 18.9 Å². The number of aromatic nitrogens is 9. The van der Waals surface area contributed by atoms with Crippen molar-refractivity contribution in [2.24, 2.45) is 0 Å². The van der Waals surface area contributed by atoms with Gasteiger partial charge in [-0.1, -0.05) is 5.21 Å². The van der Waals surface area contributed by atoms with Gasteiger partial charge in [0.05, 0.1) is 25.9 Å². The molecule has 20 nitrogen and oxygen atoms in total. The van der Waals surface area contributed by atoms with Gasteiger partial charge in [0.15, 0.2) is 34.7 Å². The van der Waals surface area contributed by atoms with Gasteiger partial charge in [0.1, 0.15) is 30.6 Å². The SMILES string of the molecule is Nc1nc2c(ncn2[C@@H]2O[C@H](CO)[C@@H](F)[C@H]2OP(O)(=S)OC[C@H]2O[C@@H](n3nnc4c(=O)[nH]cnc43)C(F)(F)[C@@H]2O[P+](=O)S)c(=O)[nH]1. The second-order valence-electron chi connectivity index (χ2n) is 9.70. The molecule has 27 heteroatoms. The van der Waals surface area contributed by atoms with E-state index in [-0.39, 0.29) is 28.3 Å². The van der Waals surface area contributed by atoms with Gasteiger partial charge >= 0.3 is 19.9 Å². The second-order valence-corrected chi connectivity index (χ2v) is 14.2. The fraction of sp³-hybridized carbons (Fsp3) is 0.526. The van der Waals surface area contributed by atoms with Crippen LogP contribution in [0.25, 0.3) is 22.3 Å². The largest absolute Gasteiger partial charge is 0.582 e. The number of alkyl halides is 3. The number of fused-ring (bicyclic) bond motifs is 2. The molecule has 2 fully saturated rings. The topological polar surface area (TPSA) is 270 Å². The molecular weight excluding hydrogens is 711 g/mol. The molecule has 0 aliphatic carbocycles. The molecule has 46 heavy (non-hydrogen) atoms. The highest BCUT2D eigenvalue weighted by Crippen LogP contribution is 2.53. The molecule has 2 unspecified atom stereocenters. The zero-order chi connectivity index (χ0) is 33.1. The quantitative estimate of drug-likeness (QED) is 0.0893. The van der Waals surface area contributed by atoms with Crippen LogP contribution >= 0.6 is 26.2 Å². The number of aliphatic hydroxyl groups excluding tert-OH is 1. The summed E-state index contributed by atoms with van der Waals surface area (Å²) in [5, 5.41) is 16.7. The van der Waals surface area contributed by atoms with E-state index in [0.29, 0.717) is 4.68 Å². The number of H-pyrrole nitrogens is 2. The van der Waals surface area contributed by atoms with Gasteiger partial charge in [-0.2, -0.15) is 18.4 Å². The number of nitrogen functional groups attached to an aromatic ring is 1. The van der Waals surface area contributed by atoms with Crippen LogP contribution in [-0.4, -0.2) is 104 Å². The molecule has 4 aromatic rings. The van der Waals surface area contributed by atoms with Gasteiger partial charge in [0.2, 0.25) is 18.3 Å². The average Bonchev–Trinajstić information content (AvgIpc) is 3.72. The number of nitrogens with one attached hydrogen (secondary N) is 2. The Morgan fingerprint density at radius 2 is 1.98 bits per heavy atom. The van der Waals surface area contributed by atoms with Crippen LogP contribution in [0, 0.1) is 0 Å². The number of rotatable bonds is 10. The van der Waals surface area contributed by atoms with E-state index in [1.54, 1.807) is 0 Å². The van der Waals surface area contributed by atoms with Gasteiger partial charge in [-0.25, -0.2) is 14.4 Å². The van der Waals surface area contributed by atoms with Crippen LogP contribution in [0.2, 0.25) is 0 Å². The van der Waals surface area contributed by atoms with Crippen LogP contribution in [0.1, 0.15) is 12.5 Å². The molecule has 6 rings (SSSR count). The minimum atomic E-state index is -4.60. The van der Waals surface area contributed by atoms with Crippen molar-refractivity contribution < 1.29 is 50.8 Å². The Kier molecular flexibility index (Phi) is 8.77. The molecule has 0 saturated carbocycles. The number of aromatic amines is 2. The zero-order valence-electron chi connectivity index (χ0n) is 22.4. The van der Waals surface area contributed by atoms with Crippen molar-refractivity contribution in [3.05, 3.63) is 33.4 Å². The number of imidazole rings is 1. The summed E-state index contributed by atoms with van der Waals surface area (Å²) in [7, 11) is -2.96. The summed E-state index contributed by atoms with van der Waals surface area (Å²) in [6, 6.07) is 0. The van der Waals surface area contributed by atoms with Gasteiger partial charge in [0, 0.05) is 0 Å². The molecule has 0 amide bonds. The van der Waals surface area contributed by atoms with E-state index < -0.39 is 87.2 Å². The van der Waals surface area contributed by atoms with Crippen LogP contribution in [0.4, 0.5) is 19.1 Å². The molecule has 2 saturated heterocycles. The summed E-state index contributed by atoms with van der Waals surface area (Å²) < 4.78 is 86.4. The van der Waals surface area contributed by atoms with Gasteiger partial charge in [-0.15, -0.1) is 9.62 Å². The lowest BCUT2D eigenvalue weighted by atomic mass is 10.1. The highest BCUT2D eigenvalue weighted by atomic mass is 32.7. The predicted molar refractivity (Wildman–Crippen MR) is 152 cm³/mol. The number of aliphatic hydroxyl groups is 1. The van der Waals surface area contributed by atoms with Gasteiger partial charge in [-0.05, 0) is 16.4 Å². The molecule has 2 aliphatic rings. The van der Waals surface area contributed by atoms with E-state index in [2.05, 4.69) is 47.5 Å². The summed E-state index contributed by atoms with van der Waals surface area (Å²) in [6.07, 6.45) is -11.6. The number of ether oxygens (including phenoxy) is 2. The lowest BCUT2D eigenvalue weighted by Crippen LogP contribution is -2.40. The Balaban J connectivity index is 1.25. The van der Waals surface area contributed by atoms with E-state index in [4.69, 9.17) is 40.6 Å². The monoisotopic (exact) mass is 731 g/mol. The van der Waals surface area contributed by atoms with Crippen LogP contribution in [0.15, 0.2) is 22.2 Å².